The van der Waals surface area contributed by atoms with Crippen LogP contribution in [0.4, 0.5) is 10.2 Å². The second-order valence-corrected chi connectivity index (χ2v) is 4.40. The maximum atomic E-state index is 13.0. The molecule has 0 aliphatic rings. The number of pyridine rings is 1. The van der Waals surface area contributed by atoms with Crippen molar-refractivity contribution in [3.63, 3.8) is 0 Å². The molecule has 0 saturated carbocycles. The molecule has 1 aromatic carbocycles. The minimum Gasteiger partial charge on any atom is -0.383 e. The third-order valence-corrected chi connectivity index (χ3v) is 2.94. The van der Waals surface area contributed by atoms with E-state index in [1.165, 1.54) is 12.1 Å². The second-order valence-electron chi connectivity index (χ2n) is 4.40. The fourth-order valence-electron chi connectivity index (χ4n) is 2.02. The SMILES string of the molecule is C/C=C\c1cc(-c2ccc(F)cc2)c(N)nc1/C=C\C. The number of hydrogen-bond donors (Lipinski definition) is 1. The van der Waals surface area contributed by atoms with Crippen molar-refractivity contribution in [2.45, 2.75) is 13.8 Å². The molecule has 2 N–H and O–H groups in total. The van der Waals surface area contributed by atoms with Crippen molar-refractivity contribution in [3.05, 3.63) is 59.6 Å². The third kappa shape index (κ3) is 2.94. The third-order valence-electron chi connectivity index (χ3n) is 2.94. The van der Waals surface area contributed by atoms with Gasteiger partial charge in [0.15, 0.2) is 0 Å². The Balaban J connectivity index is 2.59. The second kappa shape index (κ2) is 6.15. The molecule has 0 unspecified atom stereocenters. The molecule has 2 nitrogen and oxygen atoms in total. The van der Waals surface area contributed by atoms with Crippen molar-refractivity contribution in [1.29, 1.82) is 0 Å². The van der Waals surface area contributed by atoms with Crippen LogP contribution in [0.3, 0.4) is 0 Å². The van der Waals surface area contributed by atoms with Crippen molar-refractivity contribution in [2.75, 3.05) is 5.73 Å². The lowest BCUT2D eigenvalue weighted by molar-refractivity contribution is 0.628. The number of nitrogens with zero attached hydrogens (tertiary/aromatic N) is 1. The van der Waals surface area contributed by atoms with Gasteiger partial charge in [0.25, 0.3) is 0 Å². The van der Waals surface area contributed by atoms with Gasteiger partial charge in [0.2, 0.25) is 0 Å². The molecule has 3 heteroatoms. The number of nitrogen functional groups attached to an aromatic ring is 1. The first-order chi connectivity index (χ1) is 9.65. The standard InChI is InChI=1S/C17H17FN2/c1-3-5-13-11-15(12-7-9-14(18)10-8-12)17(19)20-16(13)6-4-2/h3-11H,1-2H3,(H2,19,20)/b5-3-,6-4-. The molecule has 1 heterocycles. The summed E-state index contributed by atoms with van der Waals surface area (Å²) in [7, 11) is 0. The summed E-state index contributed by atoms with van der Waals surface area (Å²) in [5.74, 6) is 0.178. The quantitative estimate of drug-likeness (QED) is 0.887. The molecule has 0 saturated heterocycles. The zero-order valence-corrected chi connectivity index (χ0v) is 11.6. The normalized spacial score (nSPS) is 11.6. The molecule has 102 valence electrons. The van der Waals surface area contributed by atoms with Crippen LogP contribution in [0.1, 0.15) is 25.1 Å². The first-order valence-electron chi connectivity index (χ1n) is 6.47. The summed E-state index contributed by atoms with van der Waals surface area (Å²) >= 11 is 0. The van der Waals surface area contributed by atoms with Gasteiger partial charge in [-0.15, -0.1) is 0 Å². The first kappa shape index (κ1) is 14.0. The van der Waals surface area contributed by atoms with Gasteiger partial charge in [-0.05, 0) is 43.7 Å². The summed E-state index contributed by atoms with van der Waals surface area (Å²) in [6, 6.07) is 8.23. The summed E-state index contributed by atoms with van der Waals surface area (Å²) in [4.78, 5) is 4.43. The monoisotopic (exact) mass is 268 g/mol. The maximum Gasteiger partial charge on any atom is 0.131 e. The highest BCUT2D eigenvalue weighted by Gasteiger charge is 2.08. The smallest absolute Gasteiger partial charge is 0.131 e. The topological polar surface area (TPSA) is 38.9 Å². The van der Waals surface area contributed by atoms with Crippen LogP contribution >= 0.6 is 0 Å². The van der Waals surface area contributed by atoms with Crippen LogP contribution in [0.5, 0.6) is 0 Å². The summed E-state index contributed by atoms with van der Waals surface area (Å²) in [5, 5.41) is 0. The number of allylic oxidation sites excluding steroid dienone is 2. The highest BCUT2D eigenvalue weighted by atomic mass is 19.1. The van der Waals surface area contributed by atoms with Crippen molar-refractivity contribution < 1.29 is 4.39 Å². The van der Waals surface area contributed by atoms with Gasteiger partial charge in [0, 0.05) is 11.1 Å². The van der Waals surface area contributed by atoms with Crippen molar-refractivity contribution in [2.24, 2.45) is 0 Å². The molecule has 0 aliphatic carbocycles. The predicted molar refractivity (Wildman–Crippen MR) is 83.5 cm³/mol. The van der Waals surface area contributed by atoms with E-state index in [9.17, 15) is 4.39 Å². The Morgan fingerprint density at radius 2 is 1.70 bits per heavy atom. The molecule has 0 spiro atoms. The van der Waals surface area contributed by atoms with Crippen LogP contribution in [0.15, 0.2) is 42.5 Å². The molecule has 0 radical (unpaired) electrons. The zero-order valence-electron chi connectivity index (χ0n) is 11.6. The lowest BCUT2D eigenvalue weighted by atomic mass is 10.0. The van der Waals surface area contributed by atoms with Crippen LogP contribution in [0, 0.1) is 5.82 Å². The fourth-order valence-corrected chi connectivity index (χ4v) is 2.02. The first-order valence-corrected chi connectivity index (χ1v) is 6.47. The number of hydrogen-bond acceptors (Lipinski definition) is 2. The summed E-state index contributed by atoms with van der Waals surface area (Å²) in [6.45, 7) is 3.89. The predicted octanol–water partition coefficient (Wildman–Crippen LogP) is 4.54. The van der Waals surface area contributed by atoms with E-state index in [1.54, 1.807) is 12.1 Å². The summed E-state index contributed by atoms with van der Waals surface area (Å²) in [5.41, 5.74) is 9.50. The van der Waals surface area contributed by atoms with Gasteiger partial charge in [-0.25, -0.2) is 9.37 Å². The van der Waals surface area contributed by atoms with Gasteiger partial charge in [0.1, 0.15) is 11.6 Å². The number of anilines is 1. The highest BCUT2D eigenvalue weighted by molar-refractivity contribution is 5.79. The Hall–Kier alpha value is -2.42. The van der Waals surface area contributed by atoms with E-state index in [0.717, 1.165) is 22.4 Å². The number of rotatable bonds is 3. The Morgan fingerprint density at radius 1 is 1.05 bits per heavy atom. The fraction of sp³-hybridized carbons (Fsp3) is 0.118. The van der Waals surface area contributed by atoms with Gasteiger partial charge >= 0.3 is 0 Å². The van der Waals surface area contributed by atoms with Crippen LogP contribution in [0.2, 0.25) is 0 Å². The van der Waals surface area contributed by atoms with Gasteiger partial charge in [-0.2, -0.15) is 0 Å². The van der Waals surface area contributed by atoms with E-state index in [2.05, 4.69) is 4.98 Å². The van der Waals surface area contributed by atoms with Gasteiger partial charge in [-0.3, -0.25) is 0 Å². The lowest BCUT2D eigenvalue weighted by Gasteiger charge is -2.09. The molecule has 0 amide bonds. The van der Waals surface area contributed by atoms with Crippen molar-refractivity contribution in [1.82, 2.24) is 4.98 Å². The molecular weight excluding hydrogens is 251 g/mol. The minimum atomic E-state index is -0.264. The molecule has 2 aromatic rings. The number of aromatic nitrogens is 1. The van der Waals surface area contributed by atoms with Crippen LogP contribution in [0.25, 0.3) is 23.3 Å². The molecule has 2 rings (SSSR count). The van der Waals surface area contributed by atoms with E-state index < -0.39 is 0 Å². The van der Waals surface area contributed by atoms with Crippen LogP contribution < -0.4 is 5.73 Å². The number of halogens is 1. The summed E-state index contributed by atoms with van der Waals surface area (Å²) < 4.78 is 13.0. The molecular formula is C17H17FN2. The van der Waals surface area contributed by atoms with Crippen molar-refractivity contribution >= 4 is 18.0 Å². The molecule has 0 bridgehead atoms. The van der Waals surface area contributed by atoms with Crippen LogP contribution in [-0.4, -0.2) is 4.98 Å². The van der Waals surface area contributed by atoms with Crippen LogP contribution in [-0.2, 0) is 0 Å². The molecule has 0 fully saturated rings. The largest absolute Gasteiger partial charge is 0.383 e. The Labute approximate surface area is 118 Å². The molecule has 20 heavy (non-hydrogen) atoms. The van der Waals surface area contributed by atoms with E-state index in [-0.39, 0.29) is 5.82 Å². The van der Waals surface area contributed by atoms with E-state index in [1.807, 2.05) is 44.2 Å². The van der Waals surface area contributed by atoms with Gasteiger partial charge < -0.3 is 5.73 Å². The molecule has 1 aromatic heterocycles. The van der Waals surface area contributed by atoms with E-state index in [4.69, 9.17) is 5.73 Å². The maximum absolute atomic E-state index is 13.0. The van der Waals surface area contributed by atoms with E-state index in [0.29, 0.717) is 5.82 Å². The zero-order chi connectivity index (χ0) is 14.5. The average Bonchev–Trinajstić information content (AvgIpc) is 2.43. The Morgan fingerprint density at radius 3 is 2.30 bits per heavy atom. The molecule has 0 aliphatic heterocycles. The Kier molecular flexibility index (Phi) is 4.31. The molecule has 0 atom stereocenters. The minimum absolute atomic E-state index is 0.264. The summed E-state index contributed by atoms with van der Waals surface area (Å²) in [6.07, 6.45) is 7.77. The Bertz CT molecular complexity index is 655. The number of nitrogens with two attached hydrogens (primary N) is 1. The average molecular weight is 268 g/mol. The van der Waals surface area contributed by atoms with Gasteiger partial charge in [0.05, 0.1) is 5.69 Å². The highest BCUT2D eigenvalue weighted by Crippen LogP contribution is 2.28. The van der Waals surface area contributed by atoms with E-state index >= 15 is 0 Å². The van der Waals surface area contributed by atoms with Gasteiger partial charge in [-0.1, -0.05) is 30.4 Å². The number of benzene rings is 1. The van der Waals surface area contributed by atoms with Crippen molar-refractivity contribution in [3.8, 4) is 11.1 Å². The lowest BCUT2D eigenvalue weighted by Crippen LogP contribution is -1.98.